The lowest BCUT2D eigenvalue weighted by Gasteiger charge is -2.28. The maximum Gasteiger partial charge on any atom is 0.170 e. The summed E-state index contributed by atoms with van der Waals surface area (Å²) in [5.74, 6) is 0.842. The summed E-state index contributed by atoms with van der Waals surface area (Å²) in [6.45, 7) is 4.98. The van der Waals surface area contributed by atoms with Crippen molar-refractivity contribution in [1.29, 1.82) is 0 Å². The molecule has 0 spiro atoms. The van der Waals surface area contributed by atoms with Crippen LogP contribution in [-0.4, -0.2) is 31.7 Å². The van der Waals surface area contributed by atoms with Crippen LogP contribution in [-0.2, 0) is 6.54 Å². The molecule has 4 heterocycles. The Hall–Kier alpha value is -3.71. The molecule has 34 heavy (non-hydrogen) atoms. The lowest BCUT2D eigenvalue weighted by Crippen LogP contribution is -2.29. The van der Waals surface area contributed by atoms with Crippen LogP contribution in [0.25, 0.3) is 5.69 Å². The average molecular weight is 470 g/mol. The Balaban J connectivity index is 1.60. The topological polar surface area (TPSA) is 55.2 Å². The van der Waals surface area contributed by atoms with E-state index in [1.165, 1.54) is 11.3 Å². The summed E-state index contributed by atoms with van der Waals surface area (Å²) in [5.41, 5.74) is 6.75. The second-order valence-corrected chi connectivity index (χ2v) is 8.86. The van der Waals surface area contributed by atoms with Gasteiger partial charge in [0.25, 0.3) is 0 Å². The summed E-state index contributed by atoms with van der Waals surface area (Å²) in [4.78, 5) is 11.2. The van der Waals surface area contributed by atoms with E-state index in [0.29, 0.717) is 6.54 Å². The minimum atomic E-state index is -0.0600. The van der Waals surface area contributed by atoms with Gasteiger partial charge in [-0.1, -0.05) is 12.1 Å². The van der Waals surface area contributed by atoms with Crippen molar-refractivity contribution in [3.63, 3.8) is 0 Å². The molecule has 1 N–H and O–H groups in total. The third kappa shape index (κ3) is 4.03. The molecule has 0 saturated carbocycles. The first kappa shape index (κ1) is 22.1. The molecule has 0 unspecified atom stereocenters. The van der Waals surface area contributed by atoms with E-state index in [2.05, 4.69) is 68.9 Å². The molecule has 0 radical (unpaired) electrons. The van der Waals surface area contributed by atoms with Gasteiger partial charge in [-0.15, -0.1) is 0 Å². The summed E-state index contributed by atoms with van der Waals surface area (Å²) < 4.78 is 7.63. The number of hydrogen-bond donors (Lipinski definition) is 1. The maximum atomic E-state index is 5.84. The van der Waals surface area contributed by atoms with Crippen LogP contribution in [0, 0.1) is 13.8 Å². The van der Waals surface area contributed by atoms with Crippen LogP contribution in [0.5, 0.6) is 5.75 Å². The Labute approximate surface area is 205 Å². The van der Waals surface area contributed by atoms with Crippen LogP contribution in [0.1, 0.15) is 40.3 Å². The fourth-order valence-electron chi connectivity index (χ4n) is 4.82. The lowest BCUT2D eigenvalue weighted by molar-refractivity contribution is 0.310. The number of aromatic nitrogens is 3. The van der Waals surface area contributed by atoms with Crippen molar-refractivity contribution >= 4 is 17.3 Å². The van der Waals surface area contributed by atoms with E-state index in [1.807, 2.05) is 42.7 Å². The van der Waals surface area contributed by atoms with Crippen molar-refractivity contribution in [3.05, 3.63) is 107 Å². The molecule has 2 atom stereocenters. The van der Waals surface area contributed by atoms with Crippen LogP contribution in [0.2, 0.25) is 0 Å². The summed E-state index contributed by atoms with van der Waals surface area (Å²) in [5, 5.41) is 4.27. The van der Waals surface area contributed by atoms with E-state index in [9.17, 15) is 0 Å². The maximum absolute atomic E-state index is 5.84. The number of pyridine rings is 2. The summed E-state index contributed by atoms with van der Waals surface area (Å²) in [7, 11) is 1.68. The van der Waals surface area contributed by atoms with Crippen molar-refractivity contribution in [2.24, 2.45) is 0 Å². The average Bonchev–Trinajstić information content (AvgIpc) is 3.35. The van der Waals surface area contributed by atoms with Gasteiger partial charge in [0, 0.05) is 42.2 Å². The number of rotatable bonds is 6. The van der Waals surface area contributed by atoms with Crippen molar-refractivity contribution in [3.8, 4) is 11.4 Å². The predicted molar refractivity (Wildman–Crippen MR) is 137 cm³/mol. The van der Waals surface area contributed by atoms with E-state index in [1.54, 1.807) is 13.3 Å². The van der Waals surface area contributed by atoms with Gasteiger partial charge in [0.15, 0.2) is 5.11 Å². The molecule has 1 aliphatic rings. The highest BCUT2D eigenvalue weighted by atomic mass is 32.1. The third-order valence-electron chi connectivity index (χ3n) is 6.39. The molecule has 172 valence electrons. The number of benzene rings is 1. The highest BCUT2D eigenvalue weighted by Gasteiger charge is 2.41. The van der Waals surface area contributed by atoms with Crippen molar-refractivity contribution in [2.45, 2.75) is 32.5 Å². The van der Waals surface area contributed by atoms with E-state index in [4.69, 9.17) is 17.0 Å². The zero-order valence-corrected chi connectivity index (χ0v) is 20.3. The SMILES string of the molecule is COc1ccc(-n2c(C)cc([C@H]3[C@H](c4ccccn4)NC(=S)N3Cc3cccnc3)c2C)cc1. The van der Waals surface area contributed by atoms with Gasteiger partial charge in [-0.2, -0.15) is 0 Å². The molecule has 0 amide bonds. The number of thiocarbonyl (C=S) groups is 1. The van der Waals surface area contributed by atoms with E-state index in [0.717, 1.165) is 33.5 Å². The van der Waals surface area contributed by atoms with Gasteiger partial charge in [-0.05, 0) is 85.7 Å². The molecule has 4 aromatic rings. The highest BCUT2D eigenvalue weighted by Crippen LogP contribution is 2.42. The lowest BCUT2D eigenvalue weighted by atomic mass is 9.96. The molecule has 6 nitrogen and oxygen atoms in total. The first-order valence-corrected chi connectivity index (χ1v) is 11.7. The van der Waals surface area contributed by atoms with Gasteiger partial charge < -0.3 is 19.5 Å². The first-order chi connectivity index (χ1) is 16.6. The molecule has 1 saturated heterocycles. The molecule has 3 aromatic heterocycles. The Morgan fingerprint density at radius 2 is 1.85 bits per heavy atom. The Morgan fingerprint density at radius 1 is 1.03 bits per heavy atom. The first-order valence-electron chi connectivity index (χ1n) is 11.3. The molecule has 5 rings (SSSR count). The number of aryl methyl sites for hydroxylation is 1. The Morgan fingerprint density at radius 3 is 2.53 bits per heavy atom. The van der Waals surface area contributed by atoms with E-state index >= 15 is 0 Å². The molecule has 0 aliphatic carbocycles. The summed E-state index contributed by atoms with van der Waals surface area (Å²) >= 11 is 5.84. The Bertz CT molecular complexity index is 1290. The summed E-state index contributed by atoms with van der Waals surface area (Å²) in [6, 6.07) is 20.4. The molecule has 1 fully saturated rings. The minimum Gasteiger partial charge on any atom is -0.497 e. The van der Waals surface area contributed by atoms with Gasteiger partial charge in [0.2, 0.25) is 0 Å². The van der Waals surface area contributed by atoms with E-state index < -0.39 is 0 Å². The second kappa shape index (κ2) is 9.27. The van der Waals surface area contributed by atoms with Gasteiger partial charge in [0.05, 0.1) is 24.9 Å². The van der Waals surface area contributed by atoms with Crippen LogP contribution >= 0.6 is 12.2 Å². The van der Waals surface area contributed by atoms with Crippen LogP contribution in [0.4, 0.5) is 0 Å². The number of hydrogen-bond acceptors (Lipinski definition) is 4. The minimum absolute atomic E-state index is 0.0131. The molecule has 0 bridgehead atoms. The smallest absolute Gasteiger partial charge is 0.170 e. The quantitative estimate of drug-likeness (QED) is 0.398. The van der Waals surface area contributed by atoms with Gasteiger partial charge in [-0.25, -0.2) is 0 Å². The predicted octanol–water partition coefficient (Wildman–Crippen LogP) is 5.07. The molecule has 1 aliphatic heterocycles. The molecule has 1 aromatic carbocycles. The zero-order valence-electron chi connectivity index (χ0n) is 19.5. The monoisotopic (exact) mass is 469 g/mol. The standard InChI is InChI=1S/C27H27N5OS/c1-18-15-23(19(2)32(18)21-9-11-22(33-3)12-10-21)26-25(24-8-4-5-14-29-24)30-27(34)31(26)17-20-7-6-13-28-16-20/h4-16,25-26H,17H2,1-3H3,(H,30,34)/t25-,26-/m0/s1. The number of ether oxygens (including phenoxy) is 1. The van der Waals surface area contributed by atoms with Crippen LogP contribution in [0.3, 0.4) is 0 Å². The van der Waals surface area contributed by atoms with Crippen molar-refractivity contribution in [2.75, 3.05) is 7.11 Å². The Kier molecular flexibility index (Phi) is 6.02. The number of nitrogens with one attached hydrogen (secondary N) is 1. The summed E-state index contributed by atoms with van der Waals surface area (Å²) in [6.07, 6.45) is 5.52. The zero-order chi connectivity index (χ0) is 23.7. The third-order valence-corrected chi connectivity index (χ3v) is 6.75. The van der Waals surface area contributed by atoms with Gasteiger partial charge in [0.1, 0.15) is 5.75 Å². The molecular weight excluding hydrogens is 442 g/mol. The van der Waals surface area contributed by atoms with Crippen LogP contribution < -0.4 is 10.1 Å². The largest absolute Gasteiger partial charge is 0.497 e. The highest BCUT2D eigenvalue weighted by molar-refractivity contribution is 7.80. The van der Waals surface area contributed by atoms with Gasteiger partial charge in [-0.3, -0.25) is 9.97 Å². The second-order valence-electron chi connectivity index (χ2n) is 8.48. The fourth-order valence-corrected chi connectivity index (χ4v) is 5.12. The van der Waals surface area contributed by atoms with E-state index in [-0.39, 0.29) is 12.1 Å². The normalized spacial score (nSPS) is 17.6. The van der Waals surface area contributed by atoms with Gasteiger partial charge >= 0.3 is 0 Å². The fraction of sp³-hybridized carbons (Fsp3) is 0.222. The van der Waals surface area contributed by atoms with Crippen molar-refractivity contribution in [1.82, 2.24) is 24.8 Å². The number of methoxy groups -OCH3 is 1. The number of nitrogens with zero attached hydrogens (tertiary/aromatic N) is 4. The molecular formula is C27H27N5OS. The molecule has 7 heteroatoms. The van der Waals surface area contributed by atoms with Crippen LogP contribution in [0.15, 0.2) is 79.3 Å². The van der Waals surface area contributed by atoms with Crippen molar-refractivity contribution < 1.29 is 4.74 Å².